The standard InChI is InChI=1S/C19H20/c1-4-16-18-10-6-5-9-15(18)12-19(16)17-11-7-8-13(2)14(17)3/h5-11H,4,12H2,1-3H3. The molecule has 0 heteroatoms. The molecule has 19 heavy (non-hydrogen) atoms. The molecule has 1 aliphatic carbocycles. The van der Waals surface area contributed by atoms with Crippen molar-refractivity contribution in [1.29, 1.82) is 0 Å². The molecule has 2 aromatic rings. The predicted octanol–water partition coefficient (Wildman–Crippen LogP) is 5.18. The Morgan fingerprint density at radius 2 is 1.63 bits per heavy atom. The number of rotatable bonds is 2. The molecule has 0 saturated heterocycles. The van der Waals surface area contributed by atoms with Crippen molar-refractivity contribution >= 4 is 11.1 Å². The van der Waals surface area contributed by atoms with Crippen molar-refractivity contribution in [1.82, 2.24) is 0 Å². The van der Waals surface area contributed by atoms with Crippen molar-refractivity contribution in [2.45, 2.75) is 33.6 Å². The van der Waals surface area contributed by atoms with Crippen LogP contribution in [0.1, 0.15) is 41.2 Å². The third-order valence-electron chi connectivity index (χ3n) is 4.36. The maximum atomic E-state index is 2.28. The molecule has 0 aliphatic heterocycles. The lowest BCUT2D eigenvalue weighted by Crippen LogP contribution is -1.93. The van der Waals surface area contributed by atoms with E-state index in [0.29, 0.717) is 0 Å². The Morgan fingerprint density at radius 1 is 0.895 bits per heavy atom. The van der Waals surface area contributed by atoms with E-state index in [1.54, 1.807) is 0 Å². The maximum absolute atomic E-state index is 2.28. The summed E-state index contributed by atoms with van der Waals surface area (Å²) in [6, 6.07) is 15.5. The van der Waals surface area contributed by atoms with Crippen LogP contribution in [0.2, 0.25) is 0 Å². The van der Waals surface area contributed by atoms with E-state index in [2.05, 4.69) is 63.2 Å². The van der Waals surface area contributed by atoms with E-state index < -0.39 is 0 Å². The second kappa shape index (κ2) is 4.70. The lowest BCUT2D eigenvalue weighted by molar-refractivity contribution is 1.24. The van der Waals surface area contributed by atoms with Crippen molar-refractivity contribution < 1.29 is 0 Å². The zero-order valence-corrected chi connectivity index (χ0v) is 12.0. The number of fused-ring (bicyclic) bond motifs is 1. The summed E-state index contributed by atoms with van der Waals surface area (Å²) in [7, 11) is 0. The minimum Gasteiger partial charge on any atom is -0.0619 e. The van der Waals surface area contributed by atoms with Crippen LogP contribution in [0.25, 0.3) is 11.1 Å². The fourth-order valence-electron chi connectivity index (χ4n) is 3.17. The molecule has 0 fully saturated rings. The van der Waals surface area contributed by atoms with Gasteiger partial charge in [-0.15, -0.1) is 0 Å². The van der Waals surface area contributed by atoms with Gasteiger partial charge in [0.25, 0.3) is 0 Å². The van der Waals surface area contributed by atoms with Gasteiger partial charge in [-0.2, -0.15) is 0 Å². The molecular formula is C19H20. The normalized spacial score (nSPS) is 13.8. The number of aryl methyl sites for hydroxylation is 1. The molecular weight excluding hydrogens is 228 g/mol. The Morgan fingerprint density at radius 3 is 2.42 bits per heavy atom. The Hall–Kier alpha value is -1.82. The molecule has 0 radical (unpaired) electrons. The fourth-order valence-corrected chi connectivity index (χ4v) is 3.17. The van der Waals surface area contributed by atoms with Gasteiger partial charge in [-0.1, -0.05) is 49.4 Å². The zero-order valence-electron chi connectivity index (χ0n) is 12.0. The molecule has 2 aromatic carbocycles. The SMILES string of the molecule is CCC1=C(c2cccc(C)c2C)Cc2ccccc21. The first kappa shape index (κ1) is 12.2. The van der Waals surface area contributed by atoms with E-state index in [9.17, 15) is 0 Å². The van der Waals surface area contributed by atoms with Gasteiger partial charge in [-0.25, -0.2) is 0 Å². The highest BCUT2D eigenvalue weighted by molar-refractivity contribution is 5.97. The molecule has 0 atom stereocenters. The molecule has 0 amide bonds. The first-order valence-corrected chi connectivity index (χ1v) is 7.09. The van der Waals surface area contributed by atoms with Gasteiger partial charge in [-0.3, -0.25) is 0 Å². The summed E-state index contributed by atoms with van der Waals surface area (Å²) < 4.78 is 0. The summed E-state index contributed by atoms with van der Waals surface area (Å²) in [5, 5.41) is 0. The van der Waals surface area contributed by atoms with Gasteiger partial charge >= 0.3 is 0 Å². The summed E-state index contributed by atoms with van der Waals surface area (Å²) in [6.45, 7) is 6.71. The maximum Gasteiger partial charge on any atom is -0.00107 e. The average molecular weight is 248 g/mol. The molecule has 0 nitrogen and oxygen atoms in total. The summed E-state index contributed by atoms with van der Waals surface area (Å²) in [5.74, 6) is 0. The van der Waals surface area contributed by atoms with Crippen LogP contribution in [0, 0.1) is 13.8 Å². The lowest BCUT2D eigenvalue weighted by atomic mass is 9.93. The van der Waals surface area contributed by atoms with Crippen molar-refractivity contribution in [3.8, 4) is 0 Å². The number of hydrogen-bond acceptors (Lipinski definition) is 0. The van der Waals surface area contributed by atoms with E-state index in [0.717, 1.165) is 12.8 Å². The molecule has 96 valence electrons. The highest BCUT2D eigenvalue weighted by Gasteiger charge is 2.21. The molecule has 0 saturated carbocycles. The average Bonchev–Trinajstić information content (AvgIpc) is 2.80. The zero-order chi connectivity index (χ0) is 13.4. The van der Waals surface area contributed by atoms with Crippen LogP contribution in [-0.2, 0) is 6.42 Å². The van der Waals surface area contributed by atoms with Gasteiger partial charge in [0.05, 0.1) is 0 Å². The van der Waals surface area contributed by atoms with Gasteiger partial charge < -0.3 is 0 Å². The second-order valence-electron chi connectivity index (χ2n) is 5.39. The van der Waals surface area contributed by atoms with E-state index in [1.165, 1.54) is 39.0 Å². The summed E-state index contributed by atoms with van der Waals surface area (Å²) >= 11 is 0. The molecule has 0 spiro atoms. The van der Waals surface area contributed by atoms with Crippen molar-refractivity contribution in [3.63, 3.8) is 0 Å². The third kappa shape index (κ3) is 1.92. The van der Waals surface area contributed by atoms with Crippen LogP contribution in [-0.4, -0.2) is 0 Å². The van der Waals surface area contributed by atoms with Crippen LogP contribution in [0.4, 0.5) is 0 Å². The first-order valence-electron chi connectivity index (χ1n) is 7.09. The van der Waals surface area contributed by atoms with E-state index in [-0.39, 0.29) is 0 Å². The van der Waals surface area contributed by atoms with E-state index in [4.69, 9.17) is 0 Å². The Balaban J connectivity index is 2.19. The fraction of sp³-hybridized carbons (Fsp3) is 0.263. The van der Waals surface area contributed by atoms with Gasteiger partial charge in [0.15, 0.2) is 0 Å². The molecule has 0 N–H and O–H groups in total. The minimum atomic E-state index is 1.09. The topological polar surface area (TPSA) is 0 Å². The van der Waals surface area contributed by atoms with Crippen molar-refractivity contribution in [2.75, 3.05) is 0 Å². The summed E-state index contributed by atoms with van der Waals surface area (Å²) in [4.78, 5) is 0. The molecule has 1 aliphatic rings. The second-order valence-corrected chi connectivity index (χ2v) is 5.39. The van der Waals surface area contributed by atoms with Gasteiger partial charge in [-0.05, 0) is 65.7 Å². The van der Waals surface area contributed by atoms with Crippen molar-refractivity contribution in [2.24, 2.45) is 0 Å². The number of benzene rings is 2. The molecule has 3 rings (SSSR count). The first-order chi connectivity index (χ1) is 9.22. The van der Waals surface area contributed by atoms with Crippen LogP contribution >= 0.6 is 0 Å². The monoisotopic (exact) mass is 248 g/mol. The van der Waals surface area contributed by atoms with E-state index >= 15 is 0 Å². The Bertz CT molecular complexity index is 659. The molecule has 0 heterocycles. The van der Waals surface area contributed by atoms with Crippen LogP contribution in [0.15, 0.2) is 42.5 Å². The van der Waals surface area contributed by atoms with Gasteiger partial charge in [0, 0.05) is 0 Å². The van der Waals surface area contributed by atoms with E-state index in [1.807, 2.05) is 0 Å². The third-order valence-corrected chi connectivity index (χ3v) is 4.36. The van der Waals surface area contributed by atoms with Crippen molar-refractivity contribution in [3.05, 3.63) is 70.3 Å². The molecule has 0 aromatic heterocycles. The van der Waals surface area contributed by atoms with Crippen LogP contribution in [0.5, 0.6) is 0 Å². The minimum absolute atomic E-state index is 1.09. The Labute approximate surface area is 115 Å². The van der Waals surface area contributed by atoms with Crippen LogP contribution < -0.4 is 0 Å². The predicted molar refractivity (Wildman–Crippen MR) is 83.2 cm³/mol. The number of allylic oxidation sites excluding steroid dienone is 2. The number of hydrogen-bond donors (Lipinski definition) is 0. The van der Waals surface area contributed by atoms with Crippen LogP contribution in [0.3, 0.4) is 0 Å². The molecule has 0 unspecified atom stereocenters. The van der Waals surface area contributed by atoms with Gasteiger partial charge in [0.1, 0.15) is 0 Å². The quantitative estimate of drug-likeness (QED) is 0.687. The summed E-state index contributed by atoms with van der Waals surface area (Å²) in [5.41, 5.74) is 10.3. The largest absolute Gasteiger partial charge is 0.0619 e. The smallest absolute Gasteiger partial charge is 0.00107 e. The highest BCUT2D eigenvalue weighted by Crippen LogP contribution is 2.41. The van der Waals surface area contributed by atoms with Gasteiger partial charge in [0.2, 0.25) is 0 Å². The summed E-state index contributed by atoms with van der Waals surface area (Å²) in [6.07, 6.45) is 2.20. The lowest BCUT2D eigenvalue weighted by Gasteiger charge is -2.12. The Kier molecular flexibility index (Phi) is 3.02. The molecule has 0 bridgehead atoms. The highest BCUT2D eigenvalue weighted by atomic mass is 14.3.